The molecule has 7 heteroatoms. The second kappa shape index (κ2) is 9.56. The van der Waals surface area contributed by atoms with Crippen LogP contribution in [0.4, 0.5) is 5.13 Å². The van der Waals surface area contributed by atoms with Crippen molar-refractivity contribution in [2.24, 2.45) is 11.8 Å². The third-order valence-electron chi connectivity index (χ3n) is 4.77. The van der Waals surface area contributed by atoms with Crippen molar-refractivity contribution in [2.75, 3.05) is 29.9 Å². The van der Waals surface area contributed by atoms with Gasteiger partial charge < -0.3 is 10.2 Å². The first-order valence-electron chi connectivity index (χ1n) is 9.60. The first-order valence-corrected chi connectivity index (χ1v) is 11.6. The summed E-state index contributed by atoms with van der Waals surface area (Å²) in [7, 11) is 0. The summed E-state index contributed by atoms with van der Waals surface area (Å²) < 4.78 is 0. The summed E-state index contributed by atoms with van der Waals surface area (Å²) in [5.74, 6) is 1.71. The highest BCUT2D eigenvalue weighted by molar-refractivity contribution is 8.00. The van der Waals surface area contributed by atoms with E-state index in [0.29, 0.717) is 22.7 Å². The van der Waals surface area contributed by atoms with Crippen molar-refractivity contribution in [1.82, 2.24) is 9.88 Å². The van der Waals surface area contributed by atoms with Crippen LogP contribution < -0.4 is 5.32 Å². The number of hydrogen-bond acceptors (Lipinski definition) is 5. The number of carbonyl (C=O) groups excluding carboxylic acids is 2. The standard InChI is InChI=1S/C21H27N3O2S2/c1-14-9-15(2)11-24(10-14)19(26)13-27-12-18(25)22-21-23-20(16(3)28-21)17-7-5-4-6-8-17/h4-8,14-15H,9-13H2,1-3H3,(H,22,23,25)/t14-,15-/m1/s1. The number of rotatable bonds is 6. The van der Waals surface area contributed by atoms with Crippen LogP contribution in [0, 0.1) is 18.8 Å². The van der Waals surface area contributed by atoms with Crippen LogP contribution in [0.15, 0.2) is 30.3 Å². The summed E-state index contributed by atoms with van der Waals surface area (Å²) in [6.45, 7) is 8.04. The number of aromatic nitrogens is 1. The number of thioether (sulfide) groups is 1. The van der Waals surface area contributed by atoms with E-state index < -0.39 is 0 Å². The minimum absolute atomic E-state index is 0.119. The summed E-state index contributed by atoms with van der Waals surface area (Å²) in [5, 5.41) is 3.47. The van der Waals surface area contributed by atoms with E-state index in [9.17, 15) is 9.59 Å². The van der Waals surface area contributed by atoms with Crippen LogP contribution >= 0.6 is 23.1 Å². The van der Waals surface area contributed by atoms with Crippen molar-refractivity contribution in [1.29, 1.82) is 0 Å². The molecular formula is C21H27N3O2S2. The first kappa shape index (κ1) is 20.9. The summed E-state index contributed by atoms with van der Waals surface area (Å²) in [6, 6.07) is 9.94. The zero-order valence-electron chi connectivity index (χ0n) is 16.6. The number of amides is 2. The van der Waals surface area contributed by atoms with Gasteiger partial charge in [0, 0.05) is 23.5 Å². The molecule has 0 spiro atoms. The van der Waals surface area contributed by atoms with Crippen molar-refractivity contribution < 1.29 is 9.59 Å². The zero-order valence-corrected chi connectivity index (χ0v) is 18.2. The fourth-order valence-corrected chi connectivity index (χ4v) is 5.23. The van der Waals surface area contributed by atoms with Crippen molar-refractivity contribution in [3.8, 4) is 11.3 Å². The Labute approximate surface area is 174 Å². The number of hydrogen-bond donors (Lipinski definition) is 1. The van der Waals surface area contributed by atoms with Gasteiger partial charge in [-0.1, -0.05) is 44.2 Å². The van der Waals surface area contributed by atoms with E-state index in [1.807, 2.05) is 42.2 Å². The number of thiazole rings is 1. The summed E-state index contributed by atoms with van der Waals surface area (Å²) >= 11 is 2.84. The average Bonchev–Trinajstić information content (AvgIpc) is 3.01. The Morgan fingerprint density at radius 2 is 1.86 bits per heavy atom. The molecule has 0 bridgehead atoms. The van der Waals surface area contributed by atoms with Crippen LogP contribution in [-0.4, -0.2) is 46.3 Å². The molecular weight excluding hydrogens is 390 g/mol. The minimum Gasteiger partial charge on any atom is -0.341 e. The fraction of sp³-hybridized carbons (Fsp3) is 0.476. The molecule has 1 aromatic carbocycles. The Morgan fingerprint density at radius 3 is 2.54 bits per heavy atom. The summed E-state index contributed by atoms with van der Waals surface area (Å²) in [4.78, 5) is 32.2. The van der Waals surface area contributed by atoms with Crippen LogP contribution in [0.5, 0.6) is 0 Å². The number of likely N-dealkylation sites (tertiary alicyclic amines) is 1. The van der Waals surface area contributed by atoms with Gasteiger partial charge in [0.15, 0.2) is 5.13 Å². The fourth-order valence-electron chi connectivity index (χ4n) is 3.66. The number of nitrogens with zero attached hydrogens (tertiary/aromatic N) is 2. The van der Waals surface area contributed by atoms with E-state index in [-0.39, 0.29) is 17.6 Å². The lowest BCUT2D eigenvalue weighted by Gasteiger charge is -2.35. The zero-order chi connectivity index (χ0) is 20.1. The maximum Gasteiger partial charge on any atom is 0.236 e. The highest BCUT2D eigenvalue weighted by atomic mass is 32.2. The molecule has 1 aromatic heterocycles. The second-order valence-corrected chi connectivity index (χ2v) is 9.76. The SMILES string of the molecule is Cc1sc(NC(=O)CSCC(=O)N2C[C@H](C)C[C@@H](C)C2)nc1-c1ccccc1. The van der Waals surface area contributed by atoms with E-state index in [4.69, 9.17) is 0 Å². The molecule has 1 fully saturated rings. The molecule has 5 nitrogen and oxygen atoms in total. The minimum atomic E-state index is -0.119. The molecule has 28 heavy (non-hydrogen) atoms. The monoisotopic (exact) mass is 417 g/mol. The van der Waals surface area contributed by atoms with Gasteiger partial charge in [0.2, 0.25) is 11.8 Å². The maximum atomic E-state index is 12.4. The quantitative estimate of drug-likeness (QED) is 0.761. The predicted molar refractivity (Wildman–Crippen MR) is 118 cm³/mol. The molecule has 1 aliphatic heterocycles. The van der Waals surface area contributed by atoms with Gasteiger partial charge in [-0.05, 0) is 25.2 Å². The Balaban J connectivity index is 1.47. The maximum absolute atomic E-state index is 12.4. The van der Waals surface area contributed by atoms with Crippen LogP contribution in [0.25, 0.3) is 11.3 Å². The number of aryl methyl sites for hydroxylation is 1. The normalized spacial score (nSPS) is 19.5. The highest BCUT2D eigenvalue weighted by Crippen LogP contribution is 2.30. The molecule has 0 aliphatic carbocycles. The molecule has 2 amide bonds. The largest absolute Gasteiger partial charge is 0.341 e. The van der Waals surface area contributed by atoms with Gasteiger partial charge >= 0.3 is 0 Å². The molecule has 2 atom stereocenters. The number of carbonyl (C=O) groups is 2. The van der Waals surface area contributed by atoms with Gasteiger partial charge in [-0.3, -0.25) is 9.59 Å². The van der Waals surface area contributed by atoms with Gasteiger partial charge in [-0.25, -0.2) is 4.98 Å². The third kappa shape index (κ3) is 5.58. The van der Waals surface area contributed by atoms with Crippen LogP contribution in [-0.2, 0) is 9.59 Å². The van der Waals surface area contributed by atoms with E-state index in [0.717, 1.165) is 29.2 Å². The van der Waals surface area contributed by atoms with Gasteiger partial charge in [0.1, 0.15) is 0 Å². The molecule has 0 radical (unpaired) electrons. The molecule has 0 unspecified atom stereocenters. The molecule has 150 valence electrons. The predicted octanol–water partition coefficient (Wildman–Crippen LogP) is 4.29. The molecule has 1 saturated heterocycles. The van der Waals surface area contributed by atoms with E-state index in [1.54, 1.807) is 0 Å². The number of nitrogens with one attached hydrogen (secondary N) is 1. The molecule has 2 aromatic rings. The van der Waals surface area contributed by atoms with Crippen molar-refractivity contribution in [3.05, 3.63) is 35.2 Å². The summed E-state index contributed by atoms with van der Waals surface area (Å²) in [5.41, 5.74) is 1.94. The molecule has 3 rings (SSSR count). The molecule has 0 saturated carbocycles. The molecule has 2 heterocycles. The van der Waals surface area contributed by atoms with E-state index in [2.05, 4.69) is 24.1 Å². The highest BCUT2D eigenvalue weighted by Gasteiger charge is 2.25. The number of anilines is 1. The van der Waals surface area contributed by atoms with Crippen LogP contribution in [0.3, 0.4) is 0 Å². The van der Waals surface area contributed by atoms with Crippen molar-refractivity contribution in [2.45, 2.75) is 27.2 Å². The van der Waals surface area contributed by atoms with Crippen LogP contribution in [0.1, 0.15) is 25.1 Å². The third-order valence-corrected chi connectivity index (χ3v) is 6.57. The number of piperidine rings is 1. The Bertz CT molecular complexity index is 812. The Kier molecular flexibility index (Phi) is 7.13. The Hall–Kier alpha value is -1.86. The van der Waals surface area contributed by atoms with Gasteiger partial charge in [-0.15, -0.1) is 23.1 Å². The van der Waals surface area contributed by atoms with Gasteiger partial charge in [0.25, 0.3) is 0 Å². The lowest BCUT2D eigenvalue weighted by molar-refractivity contribution is -0.130. The Morgan fingerprint density at radius 1 is 1.18 bits per heavy atom. The first-order chi connectivity index (χ1) is 13.4. The van der Waals surface area contributed by atoms with E-state index >= 15 is 0 Å². The van der Waals surface area contributed by atoms with Crippen molar-refractivity contribution in [3.63, 3.8) is 0 Å². The van der Waals surface area contributed by atoms with Gasteiger partial charge in [0.05, 0.1) is 17.2 Å². The molecule has 1 aliphatic rings. The molecule has 1 N–H and O–H groups in total. The topological polar surface area (TPSA) is 62.3 Å². The summed E-state index contributed by atoms with van der Waals surface area (Å²) in [6.07, 6.45) is 1.18. The van der Waals surface area contributed by atoms with E-state index in [1.165, 1.54) is 29.5 Å². The van der Waals surface area contributed by atoms with Crippen molar-refractivity contribution >= 4 is 40.0 Å². The van der Waals surface area contributed by atoms with Gasteiger partial charge in [-0.2, -0.15) is 0 Å². The average molecular weight is 418 g/mol. The second-order valence-electron chi connectivity index (χ2n) is 7.58. The van der Waals surface area contributed by atoms with Crippen LogP contribution in [0.2, 0.25) is 0 Å². The number of benzene rings is 1. The lowest BCUT2D eigenvalue weighted by atomic mass is 9.92. The smallest absolute Gasteiger partial charge is 0.236 e. The lowest BCUT2D eigenvalue weighted by Crippen LogP contribution is -2.43.